The number of benzene rings is 1. The molecule has 0 fully saturated rings. The first-order valence-corrected chi connectivity index (χ1v) is 6.67. The highest BCUT2D eigenvalue weighted by Gasteiger charge is 2.25. The van der Waals surface area contributed by atoms with Crippen LogP contribution < -0.4 is 5.73 Å². The summed E-state index contributed by atoms with van der Waals surface area (Å²) < 4.78 is 24.3. The lowest BCUT2D eigenvalue weighted by molar-refractivity contribution is 0.572. The van der Waals surface area contributed by atoms with Gasteiger partial charge in [0.1, 0.15) is 0 Å². The molecular formula is C11H17NO2S. The third kappa shape index (κ3) is 2.31. The number of sulfone groups is 1. The largest absolute Gasteiger partial charge is 0.398 e. The van der Waals surface area contributed by atoms with E-state index >= 15 is 0 Å². The second kappa shape index (κ2) is 4.66. The fourth-order valence-electron chi connectivity index (χ4n) is 1.65. The van der Waals surface area contributed by atoms with Gasteiger partial charge in [-0.05, 0) is 25.0 Å². The monoisotopic (exact) mass is 227 g/mol. The summed E-state index contributed by atoms with van der Waals surface area (Å²) in [5.74, 6) is 0. The van der Waals surface area contributed by atoms with Crippen LogP contribution in [0.15, 0.2) is 29.2 Å². The van der Waals surface area contributed by atoms with Gasteiger partial charge in [0.15, 0.2) is 9.84 Å². The van der Waals surface area contributed by atoms with Crippen molar-refractivity contribution in [2.24, 2.45) is 0 Å². The molecule has 0 saturated heterocycles. The molecule has 0 aliphatic carbocycles. The molecule has 3 nitrogen and oxygen atoms in total. The summed E-state index contributed by atoms with van der Waals surface area (Å²) in [5, 5.41) is -0.331. The molecule has 84 valence electrons. The first-order chi connectivity index (χ1) is 7.04. The molecule has 0 spiro atoms. The Labute approximate surface area is 91.2 Å². The summed E-state index contributed by atoms with van der Waals surface area (Å²) >= 11 is 0. The van der Waals surface area contributed by atoms with E-state index < -0.39 is 9.84 Å². The standard InChI is InChI=1S/C11H17NO2S/c1-3-9(4-2)15(13,14)11-8-6-5-7-10(11)12/h5-9H,3-4,12H2,1-2H3. The maximum Gasteiger partial charge on any atom is 0.183 e. The highest BCUT2D eigenvalue weighted by molar-refractivity contribution is 7.92. The predicted molar refractivity (Wildman–Crippen MR) is 62.4 cm³/mol. The molecule has 0 amide bonds. The first kappa shape index (κ1) is 12.0. The quantitative estimate of drug-likeness (QED) is 0.802. The van der Waals surface area contributed by atoms with Crippen LogP contribution in [-0.4, -0.2) is 13.7 Å². The van der Waals surface area contributed by atoms with Crippen LogP contribution >= 0.6 is 0 Å². The van der Waals surface area contributed by atoms with E-state index in [0.29, 0.717) is 18.5 Å². The van der Waals surface area contributed by atoms with Gasteiger partial charge < -0.3 is 5.73 Å². The van der Waals surface area contributed by atoms with Gasteiger partial charge in [-0.3, -0.25) is 0 Å². The third-order valence-corrected chi connectivity index (χ3v) is 5.10. The molecule has 0 aliphatic heterocycles. The van der Waals surface area contributed by atoms with Crippen molar-refractivity contribution in [2.75, 3.05) is 5.73 Å². The zero-order valence-corrected chi connectivity index (χ0v) is 9.92. The lowest BCUT2D eigenvalue weighted by atomic mass is 10.3. The molecule has 0 unspecified atom stereocenters. The summed E-state index contributed by atoms with van der Waals surface area (Å²) in [6.45, 7) is 3.76. The van der Waals surface area contributed by atoms with Crippen LogP contribution in [0.25, 0.3) is 0 Å². The topological polar surface area (TPSA) is 60.2 Å². The summed E-state index contributed by atoms with van der Waals surface area (Å²) in [6, 6.07) is 6.63. The number of rotatable bonds is 4. The molecule has 0 aromatic heterocycles. The molecule has 0 radical (unpaired) electrons. The van der Waals surface area contributed by atoms with Crippen molar-refractivity contribution in [3.8, 4) is 0 Å². The van der Waals surface area contributed by atoms with Gasteiger partial charge in [0.05, 0.1) is 15.8 Å². The summed E-state index contributed by atoms with van der Waals surface area (Å²) in [6.07, 6.45) is 1.24. The van der Waals surface area contributed by atoms with Gasteiger partial charge in [0, 0.05) is 0 Å². The highest BCUT2D eigenvalue weighted by Crippen LogP contribution is 2.25. The van der Waals surface area contributed by atoms with E-state index in [2.05, 4.69) is 0 Å². The minimum Gasteiger partial charge on any atom is -0.398 e. The maximum atomic E-state index is 12.1. The molecule has 0 saturated carbocycles. The Bertz CT molecular complexity index is 422. The van der Waals surface area contributed by atoms with Gasteiger partial charge in [-0.15, -0.1) is 0 Å². The predicted octanol–water partition coefficient (Wildman–Crippen LogP) is 2.23. The third-order valence-electron chi connectivity index (χ3n) is 2.58. The molecule has 0 aliphatic rings. The molecule has 4 heteroatoms. The number of nitrogen functional groups attached to an aromatic ring is 1. The zero-order chi connectivity index (χ0) is 11.5. The van der Waals surface area contributed by atoms with E-state index in [4.69, 9.17) is 5.73 Å². The Balaban J connectivity index is 3.23. The molecule has 1 aromatic rings. The Morgan fingerprint density at radius 1 is 1.20 bits per heavy atom. The van der Waals surface area contributed by atoms with Crippen LogP contribution in [0.3, 0.4) is 0 Å². The van der Waals surface area contributed by atoms with Crippen molar-refractivity contribution in [2.45, 2.75) is 36.8 Å². The molecular weight excluding hydrogens is 210 g/mol. The molecule has 2 N–H and O–H groups in total. The van der Waals surface area contributed by atoms with Crippen molar-refractivity contribution >= 4 is 15.5 Å². The van der Waals surface area contributed by atoms with Gasteiger partial charge >= 0.3 is 0 Å². The number of hydrogen-bond donors (Lipinski definition) is 1. The lowest BCUT2D eigenvalue weighted by Gasteiger charge is -2.14. The fourth-order valence-corrected chi connectivity index (χ4v) is 3.55. The Hall–Kier alpha value is -1.03. The fraction of sp³-hybridized carbons (Fsp3) is 0.455. The van der Waals surface area contributed by atoms with Crippen LogP contribution in [0.2, 0.25) is 0 Å². The van der Waals surface area contributed by atoms with Crippen molar-refractivity contribution in [3.63, 3.8) is 0 Å². The highest BCUT2D eigenvalue weighted by atomic mass is 32.2. The van der Waals surface area contributed by atoms with E-state index in [1.165, 1.54) is 0 Å². The van der Waals surface area contributed by atoms with Crippen molar-refractivity contribution in [1.29, 1.82) is 0 Å². The maximum absolute atomic E-state index is 12.1. The molecule has 0 heterocycles. The summed E-state index contributed by atoms with van der Waals surface area (Å²) in [5.41, 5.74) is 6.01. The minimum atomic E-state index is -3.26. The van der Waals surface area contributed by atoms with Gasteiger partial charge in [-0.1, -0.05) is 26.0 Å². The van der Waals surface area contributed by atoms with Gasteiger partial charge in [-0.25, -0.2) is 8.42 Å². The zero-order valence-electron chi connectivity index (χ0n) is 9.10. The van der Waals surface area contributed by atoms with Gasteiger partial charge in [0.2, 0.25) is 0 Å². The molecule has 0 bridgehead atoms. The first-order valence-electron chi connectivity index (χ1n) is 5.12. The Kier molecular flexibility index (Phi) is 3.74. The average molecular weight is 227 g/mol. The second-order valence-corrected chi connectivity index (χ2v) is 5.72. The van der Waals surface area contributed by atoms with Gasteiger partial charge in [-0.2, -0.15) is 0 Å². The van der Waals surface area contributed by atoms with E-state index in [-0.39, 0.29) is 10.1 Å². The van der Waals surface area contributed by atoms with E-state index in [9.17, 15) is 8.42 Å². The number of hydrogen-bond acceptors (Lipinski definition) is 3. The molecule has 1 aromatic carbocycles. The lowest BCUT2D eigenvalue weighted by Crippen LogP contribution is -2.20. The van der Waals surface area contributed by atoms with Crippen molar-refractivity contribution in [3.05, 3.63) is 24.3 Å². The van der Waals surface area contributed by atoms with Crippen LogP contribution in [0, 0.1) is 0 Å². The van der Waals surface area contributed by atoms with E-state index in [1.54, 1.807) is 24.3 Å². The Morgan fingerprint density at radius 3 is 2.20 bits per heavy atom. The smallest absolute Gasteiger partial charge is 0.183 e. The SMILES string of the molecule is CCC(CC)S(=O)(=O)c1ccccc1N. The second-order valence-electron chi connectivity index (χ2n) is 3.52. The molecule has 0 atom stereocenters. The van der Waals surface area contributed by atoms with Crippen LogP contribution in [0.4, 0.5) is 5.69 Å². The number of anilines is 1. The summed E-state index contributed by atoms with van der Waals surface area (Å²) in [7, 11) is -3.26. The van der Waals surface area contributed by atoms with Crippen LogP contribution in [0.5, 0.6) is 0 Å². The van der Waals surface area contributed by atoms with E-state index in [0.717, 1.165) is 0 Å². The minimum absolute atomic E-state index is 0.263. The van der Waals surface area contributed by atoms with E-state index in [1.807, 2.05) is 13.8 Å². The molecule has 15 heavy (non-hydrogen) atoms. The van der Waals surface area contributed by atoms with Gasteiger partial charge in [0.25, 0.3) is 0 Å². The summed E-state index contributed by atoms with van der Waals surface area (Å²) in [4.78, 5) is 0.263. The average Bonchev–Trinajstić information content (AvgIpc) is 2.19. The van der Waals surface area contributed by atoms with Crippen molar-refractivity contribution < 1.29 is 8.42 Å². The van der Waals surface area contributed by atoms with Crippen LogP contribution in [-0.2, 0) is 9.84 Å². The van der Waals surface area contributed by atoms with Crippen LogP contribution in [0.1, 0.15) is 26.7 Å². The number of para-hydroxylation sites is 1. The number of nitrogens with two attached hydrogens (primary N) is 1. The Morgan fingerprint density at radius 2 is 1.73 bits per heavy atom. The normalized spacial score (nSPS) is 11.9. The van der Waals surface area contributed by atoms with Crippen molar-refractivity contribution in [1.82, 2.24) is 0 Å². The molecule has 1 rings (SSSR count).